The molecule has 11 heteroatoms. The Hall–Kier alpha value is -1.91. The number of carbonyl (C=O) groups excluding carboxylic acids is 1. The van der Waals surface area contributed by atoms with Crippen LogP contribution in [0.3, 0.4) is 0 Å². The predicted octanol–water partition coefficient (Wildman–Crippen LogP) is 5.14. The number of carbonyl (C=O) groups is 1. The Kier molecular flexibility index (Phi) is 8.46. The van der Waals surface area contributed by atoms with Crippen molar-refractivity contribution in [2.75, 3.05) is 6.54 Å². The number of piperidine rings is 1. The smallest absolute Gasteiger partial charge is 0.393 e. The molecule has 0 spiro atoms. The molecule has 1 amide bonds. The summed E-state index contributed by atoms with van der Waals surface area (Å²) in [7, 11) is 0. The molecular weight excluding hydrogens is 519 g/mol. The first kappa shape index (κ1) is 28.6. The zero-order valence-electron chi connectivity index (χ0n) is 22.4. The highest BCUT2D eigenvalue weighted by atomic mass is 19.4. The standard InChI is InChI=1S/C28H41F5N4O2/c1-15-8-18(4-5-23(15)30)24(17-2-3-17)36-26(38)20-10-16(14-37-6-7-39-27(37)34)9-19(11-20)25-22(28(31,32)33)12-21(29)13-35-25/h6-7,15-25,34-35H,2-5,8-14H2,1H3,(H,36,38)/t15?,16?,18?,19?,20?,21?,22?,23?,24-,25?/m0/s1. The van der Waals surface area contributed by atoms with Crippen LogP contribution in [-0.4, -0.2) is 47.6 Å². The van der Waals surface area contributed by atoms with Crippen LogP contribution in [0.2, 0.25) is 0 Å². The normalized spacial score (nSPS) is 38.8. The van der Waals surface area contributed by atoms with Crippen LogP contribution in [-0.2, 0) is 11.3 Å². The molecule has 3 aliphatic carbocycles. The number of aromatic nitrogens is 1. The van der Waals surface area contributed by atoms with Crippen molar-refractivity contribution >= 4 is 5.91 Å². The van der Waals surface area contributed by atoms with Crippen LogP contribution in [0.5, 0.6) is 0 Å². The summed E-state index contributed by atoms with van der Waals surface area (Å²) in [5.41, 5.74) is -0.0475. The minimum Gasteiger partial charge on any atom is -0.432 e. The lowest BCUT2D eigenvalue weighted by Gasteiger charge is -2.45. The van der Waals surface area contributed by atoms with Gasteiger partial charge in [-0.1, -0.05) is 6.92 Å². The number of nitrogens with zero attached hydrogens (tertiary/aromatic N) is 1. The Labute approximate surface area is 226 Å². The van der Waals surface area contributed by atoms with Crippen LogP contribution in [0.1, 0.15) is 64.7 Å². The van der Waals surface area contributed by atoms with Crippen molar-refractivity contribution in [2.45, 2.75) is 102 Å². The second kappa shape index (κ2) is 11.5. The first-order chi connectivity index (χ1) is 18.5. The van der Waals surface area contributed by atoms with E-state index in [-0.39, 0.29) is 41.9 Å². The van der Waals surface area contributed by atoms with E-state index < -0.39 is 48.7 Å². The Bertz CT molecular complexity index is 1040. The van der Waals surface area contributed by atoms with Gasteiger partial charge in [0.25, 0.3) is 5.68 Å². The summed E-state index contributed by atoms with van der Waals surface area (Å²) in [6.45, 7) is 2.17. The third kappa shape index (κ3) is 6.70. The zero-order chi connectivity index (χ0) is 27.9. The maximum Gasteiger partial charge on any atom is 0.393 e. The van der Waals surface area contributed by atoms with E-state index in [0.29, 0.717) is 38.1 Å². The summed E-state index contributed by atoms with van der Waals surface area (Å²) in [6.07, 6.45) is 0.809. The average molecular weight is 561 g/mol. The highest BCUT2D eigenvalue weighted by molar-refractivity contribution is 5.79. The molecular formula is C28H41F5N4O2. The van der Waals surface area contributed by atoms with E-state index in [9.17, 15) is 26.7 Å². The molecule has 5 rings (SSSR count). The van der Waals surface area contributed by atoms with Gasteiger partial charge in [-0.3, -0.25) is 14.8 Å². The molecule has 0 radical (unpaired) electrons. The molecule has 39 heavy (non-hydrogen) atoms. The number of rotatable bonds is 7. The molecule has 10 atom stereocenters. The maximum atomic E-state index is 14.2. The van der Waals surface area contributed by atoms with Gasteiger partial charge in [0.05, 0.1) is 5.92 Å². The maximum absolute atomic E-state index is 14.2. The minimum atomic E-state index is -4.54. The molecule has 1 aromatic heterocycles. The van der Waals surface area contributed by atoms with Gasteiger partial charge in [0.2, 0.25) is 5.91 Å². The SMILES string of the molecule is CC1CC([C@@H](NC(=O)C2CC(Cn3ccoc3=N)CC(C3NCC(F)CC3C(F)(F)F)C2)C2CC2)CCC1F. The van der Waals surface area contributed by atoms with E-state index >= 15 is 0 Å². The predicted molar refractivity (Wildman–Crippen MR) is 134 cm³/mol. The van der Waals surface area contributed by atoms with Gasteiger partial charge in [-0.25, -0.2) is 8.78 Å². The molecule has 220 valence electrons. The molecule has 0 bridgehead atoms. The number of hydrogen-bond donors (Lipinski definition) is 3. The lowest BCUT2D eigenvalue weighted by molar-refractivity contribution is -0.199. The fraction of sp³-hybridized carbons (Fsp3) is 0.857. The molecule has 4 aliphatic rings. The zero-order valence-corrected chi connectivity index (χ0v) is 22.4. The number of oxazole rings is 1. The summed E-state index contributed by atoms with van der Waals surface area (Å²) in [4.78, 5) is 13.8. The quantitative estimate of drug-likeness (QED) is 0.404. The molecule has 0 aromatic carbocycles. The summed E-state index contributed by atoms with van der Waals surface area (Å²) >= 11 is 0. The fourth-order valence-corrected chi connectivity index (χ4v) is 7.70. The monoisotopic (exact) mass is 560 g/mol. The third-order valence-corrected chi connectivity index (χ3v) is 9.85. The van der Waals surface area contributed by atoms with Gasteiger partial charge < -0.3 is 15.1 Å². The highest BCUT2D eigenvalue weighted by Gasteiger charge is 2.52. The minimum absolute atomic E-state index is 0.0302. The summed E-state index contributed by atoms with van der Waals surface area (Å²) in [6, 6.07) is -0.989. The molecule has 6 nitrogen and oxygen atoms in total. The van der Waals surface area contributed by atoms with E-state index in [1.54, 1.807) is 10.8 Å². The molecule has 4 fully saturated rings. The Morgan fingerprint density at radius 2 is 1.87 bits per heavy atom. The van der Waals surface area contributed by atoms with Crippen LogP contribution in [0.4, 0.5) is 22.0 Å². The second-order valence-corrected chi connectivity index (χ2v) is 12.7. The molecule has 1 aromatic rings. The number of halogens is 5. The van der Waals surface area contributed by atoms with Gasteiger partial charge >= 0.3 is 6.18 Å². The van der Waals surface area contributed by atoms with Gasteiger partial charge in [0.15, 0.2) is 0 Å². The highest BCUT2D eigenvalue weighted by Crippen LogP contribution is 2.46. The Morgan fingerprint density at radius 3 is 2.51 bits per heavy atom. The Morgan fingerprint density at radius 1 is 1.13 bits per heavy atom. The first-order valence-corrected chi connectivity index (χ1v) is 14.6. The largest absolute Gasteiger partial charge is 0.432 e. The van der Waals surface area contributed by atoms with Gasteiger partial charge in [0.1, 0.15) is 18.6 Å². The van der Waals surface area contributed by atoms with Crippen LogP contribution >= 0.6 is 0 Å². The molecule has 3 N–H and O–H groups in total. The molecule has 1 aliphatic heterocycles. The van der Waals surface area contributed by atoms with Crippen molar-refractivity contribution in [3.8, 4) is 0 Å². The molecule has 1 saturated heterocycles. The van der Waals surface area contributed by atoms with Crippen molar-refractivity contribution in [3.05, 3.63) is 18.1 Å². The average Bonchev–Trinajstić information content (AvgIpc) is 3.65. The van der Waals surface area contributed by atoms with Crippen LogP contribution in [0, 0.1) is 46.8 Å². The van der Waals surface area contributed by atoms with E-state index in [2.05, 4.69) is 10.6 Å². The summed E-state index contributed by atoms with van der Waals surface area (Å²) < 4.78 is 76.9. The first-order valence-electron chi connectivity index (χ1n) is 14.6. The molecule has 9 unspecified atom stereocenters. The number of amides is 1. The lowest BCUT2D eigenvalue weighted by Crippen LogP contribution is -2.57. The second-order valence-electron chi connectivity index (χ2n) is 12.7. The van der Waals surface area contributed by atoms with Gasteiger partial charge in [-0.15, -0.1) is 0 Å². The van der Waals surface area contributed by atoms with E-state index in [4.69, 9.17) is 9.83 Å². The van der Waals surface area contributed by atoms with Crippen LogP contribution in [0.25, 0.3) is 0 Å². The van der Waals surface area contributed by atoms with Gasteiger partial charge in [-0.2, -0.15) is 13.2 Å². The number of nitrogens with one attached hydrogen (secondary N) is 3. The van der Waals surface area contributed by atoms with E-state index in [1.165, 1.54) is 6.26 Å². The summed E-state index contributed by atoms with van der Waals surface area (Å²) in [5.74, 6) is -2.48. The number of alkyl halides is 5. The fourth-order valence-electron chi connectivity index (χ4n) is 7.70. The number of hydrogen-bond acceptors (Lipinski definition) is 4. The van der Waals surface area contributed by atoms with Gasteiger partial charge in [-0.05, 0) is 87.4 Å². The third-order valence-electron chi connectivity index (χ3n) is 9.85. The summed E-state index contributed by atoms with van der Waals surface area (Å²) in [5, 5.41) is 14.1. The van der Waals surface area contributed by atoms with Gasteiger partial charge in [0, 0.05) is 37.3 Å². The van der Waals surface area contributed by atoms with Crippen molar-refractivity contribution in [2.24, 2.45) is 41.4 Å². The van der Waals surface area contributed by atoms with Crippen molar-refractivity contribution in [3.63, 3.8) is 0 Å². The lowest BCUT2D eigenvalue weighted by atomic mass is 9.68. The van der Waals surface area contributed by atoms with Crippen molar-refractivity contribution in [1.82, 2.24) is 15.2 Å². The Balaban J connectivity index is 1.34. The topological polar surface area (TPSA) is 83.1 Å². The van der Waals surface area contributed by atoms with Crippen LogP contribution in [0.15, 0.2) is 16.9 Å². The van der Waals surface area contributed by atoms with Crippen LogP contribution < -0.4 is 16.3 Å². The van der Waals surface area contributed by atoms with Crippen molar-refractivity contribution < 1.29 is 31.2 Å². The van der Waals surface area contributed by atoms with Crippen molar-refractivity contribution in [1.29, 1.82) is 5.41 Å². The van der Waals surface area contributed by atoms with E-state index in [0.717, 1.165) is 25.7 Å². The van der Waals surface area contributed by atoms with E-state index in [1.807, 2.05) is 6.92 Å². The molecule has 3 saturated carbocycles. The molecule has 2 heterocycles.